The molecule has 1 saturated carbocycles. The molecular formula is C14H25NO4. The SMILES string of the molecule is CC(C)(C)OC(=O)N1C(CO)COC12CCCCC2. The molecule has 2 aliphatic rings. The van der Waals surface area contributed by atoms with E-state index in [9.17, 15) is 9.90 Å². The first kappa shape index (κ1) is 14.6. The fourth-order valence-electron chi connectivity index (χ4n) is 2.98. The Morgan fingerprint density at radius 2 is 2.00 bits per heavy atom. The third-order valence-corrected chi connectivity index (χ3v) is 3.78. The van der Waals surface area contributed by atoms with E-state index in [4.69, 9.17) is 9.47 Å². The second-order valence-electron chi connectivity index (χ2n) is 6.50. The van der Waals surface area contributed by atoms with Crippen LogP contribution in [0.3, 0.4) is 0 Å². The van der Waals surface area contributed by atoms with E-state index in [2.05, 4.69) is 0 Å². The van der Waals surface area contributed by atoms with Crippen LogP contribution in [-0.4, -0.2) is 46.7 Å². The standard InChI is InChI=1S/C14H25NO4/c1-13(2,3)19-12(17)15-11(9-16)10-18-14(15)7-5-4-6-8-14/h11,16H,4-10H2,1-3H3. The van der Waals surface area contributed by atoms with E-state index in [0.717, 1.165) is 25.7 Å². The smallest absolute Gasteiger partial charge is 0.413 e. The number of nitrogens with zero attached hydrogens (tertiary/aromatic N) is 1. The second-order valence-corrected chi connectivity index (χ2v) is 6.50. The number of aliphatic hydroxyl groups excluding tert-OH is 1. The highest BCUT2D eigenvalue weighted by atomic mass is 16.6. The molecule has 1 atom stereocenters. The number of amides is 1. The van der Waals surface area contributed by atoms with Crippen molar-refractivity contribution in [2.75, 3.05) is 13.2 Å². The molecule has 19 heavy (non-hydrogen) atoms. The largest absolute Gasteiger partial charge is 0.444 e. The van der Waals surface area contributed by atoms with Crippen LogP contribution in [0.4, 0.5) is 4.79 Å². The van der Waals surface area contributed by atoms with Gasteiger partial charge in [0.1, 0.15) is 11.3 Å². The lowest BCUT2D eigenvalue weighted by Crippen LogP contribution is -2.54. The second kappa shape index (κ2) is 5.29. The minimum Gasteiger partial charge on any atom is -0.444 e. The van der Waals surface area contributed by atoms with E-state index in [0.29, 0.717) is 6.61 Å². The van der Waals surface area contributed by atoms with Crippen molar-refractivity contribution in [1.82, 2.24) is 4.90 Å². The molecule has 2 rings (SSSR count). The van der Waals surface area contributed by atoms with Crippen molar-refractivity contribution >= 4 is 6.09 Å². The predicted molar refractivity (Wildman–Crippen MR) is 70.7 cm³/mol. The highest BCUT2D eigenvalue weighted by Gasteiger charge is 2.51. The van der Waals surface area contributed by atoms with E-state index in [1.165, 1.54) is 6.42 Å². The van der Waals surface area contributed by atoms with Crippen molar-refractivity contribution in [1.29, 1.82) is 0 Å². The first-order valence-electron chi connectivity index (χ1n) is 7.15. The highest BCUT2D eigenvalue weighted by Crippen LogP contribution is 2.41. The first-order valence-corrected chi connectivity index (χ1v) is 7.15. The average molecular weight is 271 g/mol. The van der Waals surface area contributed by atoms with Crippen molar-refractivity contribution in [2.45, 2.75) is 70.2 Å². The lowest BCUT2D eigenvalue weighted by atomic mass is 9.90. The Balaban J connectivity index is 2.18. The van der Waals surface area contributed by atoms with Gasteiger partial charge in [-0.15, -0.1) is 0 Å². The molecule has 1 unspecified atom stereocenters. The number of hydrogen-bond donors (Lipinski definition) is 1. The van der Waals surface area contributed by atoms with Crippen LogP contribution < -0.4 is 0 Å². The minimum absolute atomic E-state index is 0.0823. The number of carbonyl (C=O) groups excluding carboxylic acids is 1. The van der Waals surface area contributed by atoms with Crippen molar-refractivity contribution in [3.05, 3.63) is 0 Å². The van der Waals surface area contributed by atoms with Gasteiger partial charge in [0, 0.05) is 0 Å². The first-order chi connectivity index (χ1) is 8.88. The summed E-state index contributed by atoms with van der Waals surface area (Å²) in [6.45, 7) is 5.87. The van der Waals surface area contributed by atoms with Crippen LogP contribution in [0, 0.1) is 0 Å². The number of hydrogen-bond acceptors (Lipinski definition) is 4. The average Bonchev–Trinajstić information content (AvgIpc) is 2.66. The highest BCUT2D eigenvalue weighted by molar-refractivity contribution is 5.70. The molecule has 5 nitrogen and oxygen atoms in total. The van der Waals surface area contributed by atoms with Gasteiger partial charge in [-0.2, -0.15) is 0 Å². The molecule has 1 aliphatic carbocycles. The number of carbonyl (C=O) groups is 1. The third kappa shape index (κ3) is 3.03. The van der Waals surface area contributed by atoms with E-state index in [-0.39, 0.29) is 18.7 Å². The van der Waals surface area contributed by atoms with Crippen LogP contribution in [0.5, 0.6) is 0 Å². The zero-order valence-corrected chi connectivity index (χ0v) is 12.1. The monoisotopic (exact) mass is 271 g/mol. The zero-order valence-electron chi connectivity index (χ0n) is 12.1. The topological polar surface area (TPSA) is 59.0 Å². The maximum Gasteiger partial charge on any atom is 0.413 e. The molecule has 2 fully saturated rings. The lowest BCUT2D eigenvalue weighted by Gasteiger charge is -2.41. The molecule has 1 spiro atoms. The van der Waals surface area contributed by atoms with Gasteiger partial charge in [0.05, 0.1) is 19.3 Å². The van der Waals surface area contributed by atoms with Gasteiger partial charge in [-0.25, -0.2) is 4.79 Å². The Bertz CT molecular complexity index is 331. The van der Waals surface area contributed by atoms with Gasteiger partial charge >= 0.3 is 6.09 Å². The summed E-state index contributed by atoms with van der Waals surface area (Å²) in [5, 5.41) is 9.47. The summed E-state index contributed by atoms with van der Waals surface area (Å²) in [5.74, 6) is 0. The number of aliphatic hydroxyl groups is 1. The zero-order chi connectivity index (χ0) is 14.1. The Hall–Kier alpha value is -0.810. The molecule has 110 valence electrons. The molecule has 1 aliphatic heterocycles. The summed E-state index contributed by atoms with van der Waals surface area (Å²) in [5.41, 5.74) is -1.08. The lowest BCUT2D eigenvalue weighted by molar-refractivity contribution is -0.109. The van der Waals surface area contributed by atoms with Crippen molar-refractivity contribution < 1.29 is 19.4 Å². The molecular weight excluding hydrogens is 246 g/mol. The molecule has 1 heterocycles. The Morgan fingerprint density at radius 3 is 2.53 bits per heavy atom. The van der Waals surface area contributed by atoms with Gasteiger partial charge in [0.2, 0.25) is 0 Å². The maximum absolute atomic E-state index is 12.4. The molecule has 1 saturated heterocycles. The molecule has 0 radical (unpaired) electrons. The third-order valence-electron chi connectivity index (χ3n) is 3.78. The van der Waals surface area contributed by atoms with Crippen molar-refractivity contribution in [3.8, 4) is 0 Å². The summed E-state index contributed by atoms with van der Waals surface area (Å²) in [4.78, 5) is 14.1. The van der Waals surface area contributed by atoms with Gasteiger partial charge in [0.25, 0.3) is 0 Å². The summed E-state index contributed by atoms with van der Waals surface area (Å²) < 4.78 is 11.4. The number of rotatable bonds is 1. The molecule has 0 bridgehead atoms. The molecule has 1 N–H and O–H groups in total. The number of ether oxygens (including phenoxy) is 2. The van der Waals surface area contributed by atoms with Gasteiger partial charge in [-0.05, 0) is 46.5 Å². The Kier molecular flexibility index (Phi) is 4.06. The van der Waals surface area contributed by atoms with E-state index in [1.54, 1.807) is 4.90 Å². The summed E-state index contributed by atoms with van der Waals surface area (Å²) in [6, 6.07) is -0.284. The fraction of sp³-hybridized carbons (Fsp3) is 0.929. The summed E-state index contributed by atoms with van der Waals surface area (Å²) in [6.07, 6.45) is 4.59. The van der Waals surface area contributed by atoms with Crippen LogP contribution >= 0.6 is 0 Å². The summed E-state index contributed by atoms with van der Waals surface area (Å²) >= 11 is 0. The van der Waals surface area contributed by atoms with Crippen LogP contribution in [0.25, 0.3) is 0 Å². The summed E-state index contributed by atoms with van der Waals surface area (Å²) in [7, 11) is 0. The van der Waals surface area contributed by atoms with Crippen LogP contribution in [0.2, 0.25) is 0 Å². The van der Waals surface area contributed by atoms with E-state index < -0.39 is 11.3 Å². The molecule has 0 aromatic rings. The van der Waals surface area contributed by atoms with Crippen molar-refractivity contribution in [2.24, 2.45) is 0 Å². The predicted octanol–water partition coefficient (Wildman–Crippen LogP) is 2.28. The normalized spacial score (nSPS) is 26.7. The molecule has 0 aromatic carbocycles. The molecule has 5 heteroatoms. The fourth-order valence-corrected chi connectivity index (χ4v) is 2.98. The quantitative estimate of drug-likeness (QED) is 0.795. The molecule has 0 aromatic heterocycles. The molecule has 1 amide bonds. The Labute approximate surface area is 114 Å². The maximum atomic E-state index is 12.4. The van der Waals surface area contributed by atoms with Crippen LogP contribution in [0.1, 0.15) is 52.9 Å². The minimum atomic E-state index is -0.548. The van der Waals surface area contributed by atoms with Crippen molar-refractivity contribution in [3.63, 3.8) is 0 Å². The van der Waals surface area contributed by atoms with E-state index >= 15 is 0 Å². The van der Waals surface area contributed by atoms with Gasteiger partial charge in [0.15, 0.2) is 0 Å². The van der Waals surface area contributed by atoms with Gasteiger partial charge in [-0.3, -0.25) is 4.90 Å². The Morgan fingerprint density at radius 1 is 1.37 bits per heavy atom. The van der Waals surface area contributed by atoms with Crippen LogP contribution in [-0.2, 0) is 9.47 Å². The van der Waals surface area contributed by atoms with E-state index in [1.807, 2.05) is 20.8 Å². The van der Waals surface area contributed by atoms with Gasteiger partial charge in [-0.1, -0.05) is 6.42 Å². The van der Waals surface area contributed by atoms with Crippen LogP contribution in [0.15, 0.2) is 0 Å². The van der Waals surface area contributed by atoms with Gasteiger partial charge < -0.3 is 14.6 Å².